The van der Waals surface area contributed by atoms with Gasteiger partial charge in [0.15, 0.2) is 0 Å². The maximum Gasteiger partial charge on any atom is 0.224 e. The van der Waals surface area contributed by atoms with Gasteiger partial charge in [-0.05, 0) is 36.6 Å². The van der Waals surface area contributed by atoms with Crippen molar-refractivity contribution in [3.63, 3.8) is 0 Å². The zero-order valence-electron chi connectivity index (χ0n) is 10.9. The molecule has 1 amide bonds. The Bertz CT molecular complexity index is 469. The zero-order valence-corrected chi connectivity index (χ0v) is 11.7. The van der Waals surface area contributed by atoms with Crippen molar-refractivity contribution in [2.75, 3.05) is 18.3 Å². The summed E-state index contributed by atoms with van der Waals surface area (Å²) in [6.07, 6.45) is 2.25. The maximum absolute atomic E-state index is 11.7. The Hall–Kier alpha value is -1.73. The monoisotopic (exact) mass is 280 g/mol. The average Bonchev–Trinajstić information content (AvgIpc) is 2.41. The molecule has 0 unspecified atom stereocenters. The Morgan fingerprint density at radius 3 is 2.89 bits per heavy atom. The quantitative estimate of drug-likeness (QED) is 0.616. The number of alkyl halides is 1. The number of methoxy groups -OCH3 is 1. The largest absolute Gasteiger partial charge is 0.497 e. The number of nitrogens with zero attached hydrogens (tertiary/aromatic N) is 1. The summed E-state index contributed by atoms with van der Waals surface area (Å²) in [4.78, 5) is 11.7. The Morgan fingerprint density at radius 1 is 1.47 bits per heavy atom. The number of carbonyl (C=O) groups is 1. The molecule has 0 aliphatic heterocycles. The van der Waals surface area contributed by atoms with Crippen LogP contribution in [0.25, 0.3) is 0 Å². The van der Waals surface area contributed by atoms with Crippen LogP contribution in [0, 0.1) is 11.3 Å². The van der Waals surface area contributed by atoms with Crippen molar-refractivity contribution in [1.29, 1.82) is 5.26 Å². The number of anilines is 1. The summed E-state index contributed by atoms with van der Waals surface area (Å²) in [5.41, 5.74) is 1.42. The maximum atomic E-state index is 11.7. The second kappa shape index (κ2) is 8.39. The number of rotatable bonds is 7. The van der Waals surface area contributed by atoms with Crippen LogP contribution in [0.1, 0.15) is 24.8 Å². The van der Waals surface area contributed by atoms with E-state index in [9.17, 15) is 4.79 Å². The molecule has 0 saturated carbocycles. The van der Waals surface area contributed by atoms with Crippen molar-refractivity contribution >= 4 is 23.2 Å². The van der Waals surface area contributed by atoms with E-state index in [1.807, 2.05) is 0 Å². The molecule has 0 saturated heterocycles. The van der Waals surface area contributed by atoms with Crippen LogP contribution in [0.5, 0.6) is 5.75 Å². The molecule has 19 heavy (non-hydrogen) atoms. The number of ether oxygens (including phenoxy) is 1. The highest BCUT2D eigenvalue weighted by Gasteiger charge is 2.08. The number of nitrogens with one attached hydrogen (secondary N) is 1. The van der Waals surface area contributed by atoms with Crippen LogP contribution in [0.2, 0.25) is 0 Å². The summed E-state index contributed by atoms with van der Waals surface area (Å²) < 4.78 is 5.10. The number of hydrogen-bond acceptors (Lipinski definition) is 3. The second-order valence-electron chi connectivity index (χ2n) is 4.05. The number of hydrogen-bond donors (Lipinski definition) is 1. The number of halogens is 1. The van der Waals surface area contributed by atoms with Crippen molar-refractivity contribution < 1.29 is 9.53 Å². The van der Waals surface area contributed by atoms with Gasteiger partial charge < -0.3 is 10.1 Å². The minimum absolute atomic E-state index is 0.0607. The van der Waals surface area contributed by atoms with Gasteiger partial charge in [0.05, 0.1) is 19.6 Å². The van der Waals surface area contributed by atoms with Crippen LogP contribution in [0.3, 0.4) is 0 Å². The van der Waals surface area contributed by atoms with Gasteiger partial charge in [0.2, 0.25) is 5.91 Å². The van der Waals surface area contributed by atoms with Crippen molar-refractivity contribution in [3.8, 4) is 11.8 Å². The SMILES string of the molecule is COc1ccc(NC(=O)CCCCCl)c(CC#N)c1. The fourth-order valence-electron chi connectivity index (χ4n) is 1.64. The molecule has 0 radical (unpaired) electrons. The molecule has 1 rings (SSSR count). The first-order valence-electron chi connectivity index (χ1n) is 6.11. The number of carbonyl (C=O) groups excluding carboxylic acids is 1. The van der Waals surface area contributed by atoms with E-state index in [2.05, 4.69) is 11.4 Å². The van der Waals surface area contributed by atoms with Gasteiger partial charge in [-0.15, -0.1) is 11.6 Å². The Morgan fingerprint density at radius 2 is 2.26 bits per heavy atom. The highest BCUT2D eigenvalue weighted by atomic mass is 35.5. The molecule has 0 aromatic heterocycles. The lowest BCUT2D eigenvalue weighted by Gasteiger charge is -2.10. The zero-order chi connectivity index (χ0) is 14.1. The lowest BCUT2D eigenvalue weighted by molar-refractivity contribution is -0.116. The summed E-state index contributed by atoms with van der Waals surface area (Å²) in [5, 5.41) is 11.6. The van der Waals surface area contributed by atoms with E-state index in [4.69, 9.17) is 21.6 Å². The van der Waals surface area contributed by atoms with Crippen LogP contribution in [0.4, 0.5) is 5.69 Å². The van der Waals surface area contributed by atoms with E-state index in [1.165, 1.54) is 0 Å². The van der Waals surface area contributed by atoms with Gasteiger partial charge >= 0.3 is 0 Å². The summed E-state index contributed by atoms with van der Waals surface area (Å²) >= 11 is 5.56. The molecule has 5 heteroatoms. The fraction of sp³-hybridized carbons (Fsp3) is 0.429. The third kappa shape index (κ3) is 5.19. The summed E-state index contributed by atoms with van der Waals surface area (Å²) in [6, 6.07) is 7.35. The Balaban J connectivity index is 2.71. The molecule has 0 spiro atoms. The average molecular weight is 281 g/mol. The Kier molecular flexibility index (Phi) is 6.76. The summed E-state index contributed by atoms with van der Waals surface area (Å²) in [5.74, 6) is 1.18. The molecule has 0 bridgehead atoms. The van der Waals surface area contributed by atoms with Gasteiger partial charge in [0, 0.05) is 18.0 Å². The van der Waals surface area contributed by atoms with Gasteiger partial charge in [-0.2, -0.15) is 5.26 Å². The van der Waals surface area contributed by atoms with E-state index in [0.717, 1.165) is 18.4 Å². The summed E-state index contributed by atoms with van der Waals surface area (Å²) in [7, 11) is 1.57. The van der Waals surface area contributed by atoms with Crippen molar-refractivity contribution in [2.45, 2.75) is 25.7 Å². The van der Waals surface area contributed by atoms with Crippen molar-refractivity contribution in [1.82, 2.24) is 0 Å². The van der Waals surface area contributed by atoms with E-state index < -0.39 is 0 Å². The normalized spacial score (nSPS) is 9.74. The van der Waals surface area contributed by atoms with E-state index in [0.29, 0.717) is 23.7 Å². The molecular formula is C14H17ClN2O2. The summed E-state index contributed by atoms with van der Waals surface area (Å²) in [6.45, 7) is 0. The molecule has 0 aliphatic carbocycles. The topological polar surface area (TPSA) is 62.1 Å². The van der Waals surface area contributed by atoms with Crippen molar-refractivity contribution in [2.24, 2.45) is 0 Å². The highest BCUT2D eigenvalue weighted by molar-refractivity contribution is 6.17. The van der Waals surface area contributed by atoms with Crippen molar-refractivity contribution in [3.05, 3.63) is 23.8 Å². The molecule has 102 valence electrons. The Labute approximate surface area is 118 Å². The first-order valence-corrected chi connectivity index (χ1v) is 6.64. The fourth-order valence-corrected chi connectivity index (χ4v) is 1.83. The van der Waals surface area contributed by atoms with Gasteiger partial charge in [-0.25, -0.2) is 0 Å². The molecule has 0 atom stereocenters. The van der Waals surface area contributed by atoms with Gasteiger partial charge in [0.25, 0.3) is 0 Å². The first-order chi connectivity index (χ1) is 9.21. The third-order valence-corrected chi connectivity index (χ3v) is 2.91. The second-order valence-corrected chi connectivity index (χ2v) is 4.43. The minimum atomic E-state index is -0.0607. The minimum Gasteiger partial charge on any atom is -0.497 e. The predicted octanol–water partition coefficient (Wildman–Crippen LogP) is 3.11. The molecule has 1 aromatic carbocycles. The van der Waals surface area contributed by atoms with Gasteiger partial charge in [0.1, 0.15) is 5.75 Å². The van der Waals surface area contributed by atoms with Crippen LogP contribution in [-0.2, 0) is 11.2 Å². The first kappa shape index (κ1) is 15.3. The number of benzene rings is 1. The van der Waals surface area contributed by atoms with Crippen LogP contribution >= 0.6 is 11.6 Å². The predicted molar refractivity (Wildman–Crippen MR) is 75.5 cm³/mol. The van der Waals surface area contributed by atoms with Gasteiger partial charge in [-0.3, -0.25) is 4.79 Å². The lowest BCUT2D eigenvalue weighted by Crippen LogP contribution is -2.12. The van der Waals surface area contributed by atoms with Crippen LogP contribution in [-0.4, -0.2) is 18.9 Å². The van der Waals surface area contributed by atoms with Crippen LogP contribution < -0.4 is 10.1 Å². The lowest BCUT2D eigenvalue weighted by atomic mass is 10.1. The molecular weight excluding hydrogens is 264 g/mol. The molecule has 1 N–H and O–H groups in total. The number of amides is 1. The highest BCUT2D eigenvalue weighted by Crippen LogP contribution is 2.22. The van der Waals surface area contributed by atoms with E-state index in [-0.39, 0.29) is 12.3 Å². The molecule has 0 heterocycles. The molecule has 0 fully saturated rings. The van der Waals surface area contributed by atoms with E-state index >= 15 is 0 Å². The van der Waals surface area contributed by atoms with E-state index in [1.54, 1.807) is 25.3 Å². The third-order valence-electron chi connectivity index (χ3n) is 2.64. The van der Waals surface area contributed by atoms with Crippen LogP contribution in [0.15, 0.2) is 18.2 Å². The molecule has 1 aromatic rings. The number of nitriles is 1. The molecule has 4 nitrogen and oxygen atoms in total. The molecule has 0 aliphatic rings. The standard InChI is InChI=1S/C14H17ClN2O2/c1-19-12-5-6-13(11(10-12)7-9-16)17-14(18)4-2-3-8-15/h5-6,10H,2-4,7-8H2,1H3,(H,17,18). The van der Waals surface area contributed by atoms with Gasteiger partial charge in [-0.1, -0.05) is 0 Å². The smallest absolute Gasteiger partial charge is 0.224 e. The number of unbranched alkanes of at least 4 members (excludes halogenated alkanes) is 1.